The van der Waals surface area contributed by atoms with E-state index in [0.29, 0.717) is 0 Å². The number of fused-ring (bicyclic) bond motifs is 15. The summed E-state index contributed by atoms with van der Waals surface area (Å²) in [7, 11) is 0. The average Bonchev–Trinajstić information content (AvgIpc) is 3.84. The maximum Gasteiger partial charge on any atom is 0.0726 e. The predicted octanol–water partition coefficient (Wildman–Crippen LogP) is 15.0. The third-order valence-electron chi connectivity index (χ3n) is 13.8. The van der Waals surface area contributed by atoms with E-state index in [0.717, 1.165) is 5.69 Å². The lowest BCUT2D eigenvalue weighted by molar-refractivity contribution is 0.353. The molecule has 0 saturated heterocycles. The van der Waals surface area contributed by atoms with Gasteiger partial charge in [-0.25, -0.2) is 0 Å². The molecule has 58 heavy (non-hydrogen) atoms. The summed E-state index contributed by atoms with van der Waals surface area (Å²) < 4.78 is 0. The molecule has 1 saturated carbocycles. The Balaban J connectivity index is 0.000000234. The molecule has 8 aromatic rings. The minimum absolute atomic E-state index is 0.156. The summed E-state index contributed by atoms with van der Waals surface area (Å²) in [5.74, 6) is 0. The summed E-state index contributed by atoms with van der Waals surface area (Å²) in [4.78, 5) is 0. The Labute approximate surface area is 343 Å². The second-order valence-corrected chi connectivity index (χ2v) is 16.9. The number of hydrogen-bond donors (Lipinski definition) is 1. The van der Waals surface area contributed by atoms with E-state index in [9.17, 15) is 0 Å². The van der Waals surface area contributed by atoms with Crippen LogP contribution in [0.25, 0.3) is 44.5 Å². The Morgan fingerprint density at radius 3 is 1.17 bits per heavy atom. The van der Waals surface area contributed by atoms with Gasteiger partial charge in [-0.2, -0.15) is 0 Å². The van der Waals surface area contributed by atoms with Crippen molar-refractivity contribution in [2.75, 3.05) is 5.32 Å². The minimum atomic E-state index is -0.317. The number of benzene rings is 8. The fourth-order valence-corrected chi connectivity index (χ4v) is 11.3. The molecule has 1 fully saturated rings. The summed E-state index contributed by atoms with van der Waals surface area (Å²) in [5.41, 5.74) is 24.3. The molecule has 0 heterocycles. The van der Waals surface area contributed by atoms with Crippen LogP contribution in [0.4, 0.5) is 11.4 Å². The number of hydrogen-bond acceptors (Lipinski definition) is 1. The number of nitrogens with one attached hydrogen (secondary N) is 1. The van der Waals surface area contributed by atoms with Crippen LogP contribution in [0.15, 0.2) is 182 Å². The number of aryl methyl sites for hydroxylation is 2. The molecule has 12 rings (SSSR count). The minimum Gasteiger partial charge on any atom is -0.356 e. The first-order valence-corrected chi connectivity index (χ1v) is 21.1. The van der Waals surface area contributed by atoms with Crippen molar-refractivity contribution in [3.63, 3.8) is 0 Å². The Morgan fingerprint density at radius 1 is 0.328 bits per heavy atom. The van der Waals surface area contributed by atoms with E-state index in [1.54, 1.807) is 5.56 Å². The van der Waals surface area contributed by atoms with Gasteiger partial charge in [0.2, 0.25) is 0 Å². The van der Waals surface area contributed by atoms with E-state index >= 15 is 0 Å². The first-order valence-electron chi connectivity index (χ1n) is 21.1. The maximum atomic E-state index is 3.89. The molecular weight excluding hydrogens is 699 g/mol. The van der Waals surface area contributed by atoms with Gasteiger partial charge in [0.1, 0.15) is 0 Å². The molecule has 1 heteroatoms. The standard InChI is InChI=1S/C43H33N.C14H14/c1-10-24-42(25-11-1)36-16-6-2-12-30(36)34-22-20-28(26-40(34)42)44-29-21-23-35-33-15-5-9-19-39(33)43(41(35)27-29)37-17-7-3-13-31(37)32-14-4-8-18-38(32)43;1-11-7-3-5-9-13(11)14-10-6-4-8-12(14)2/h2-9,12-23,26-27,44H,1,10-11,24-25H2;3-10H,1-2H3. The van der Waals surface area contributed by atoms with E-state index in [1.165, 1.54) is 121 Å². The number of anilines is 2. The molecule has 0 amide bonds. The van der Waals surface area contributed by atoms with Crippen LogP contribution in [0.2, 0.25) is 0 Å². The van der Waals surface area contributed by atoms with Crippen molar-refractivity contribution in [1.29, 1.82) is 0 Å². The molecule has 0 bridgehead atoms. The van der Waals surface area contributed by atoms with E-state index in [1.807, 2.05) is 0 Å². The zero-order valence-electron chi connectivity index (χ0n) is 33.4. The lowest BCUT2D eigenvalue weighted by atomic mass is 9.68. The normalized spacial score (nSPS) is 15.3. The number of rotatable bonds is 3. The molecule has 0 radical (unpaired) electrons. The maximum absolute atomic E-state index is 3.89. The molecule has 1 nitrogen and oxygen atoms in total. The third-order valence-corrected chi connectivity index (χ3v) is 13.8. The lowest BCUT2D eigenvalue weighted by Gasteiger charge is -2.36. The van der Waals surface area contributed by atoms with Crippen LogP contribution in [0.5, 0.6) is 0 Å². The molecule has 1 N–H and O–H groups in total. The third kappa shape index (κ3) is 5.09. The van der Waals surface area contributed by atoms with Crippen molar-refractivity contribution >= 4 is 11.4 Å². The van der Waals surface area contributed by atoms with Crippen LogP contribution < -0.4 is 5.32 Å². The summed E-state index contributed by atoms with van der Waals surface area (Å²) in [5, 5.41) is 3.89. The first-order chi connectivity index (χ1) is 28.6. The van der Waals surface area contributed by atoms with Gasteiger partial charge in [-0.15, -0.1) is 0 Å². The Hall–Kier alpha value is -6.44. The van der Waals surface area contributed by atoms with Crippen molar-refractivity contribution in [3.8, 4) is 44.5 Å². The van der Waals surface area contributed by atoms with E-state index in [2.05, 4.69) is 201 Å². The van der Waals surface area contributed by atoms with E-state index in [-0.39, 0.29) is 10.8 Å². The van der Waals surface area contributed by atoms with E-state index in [4.69, 9.17) is 0 Å². The van der Waals surface area contributed by atoms with Crippen molar-refractivity contribution in [2.24, 2.45) is 0 Å². The monoisotopic (exact) mass is 745 g/mol. The first kappa shape index (κ1) is 34.8. The second kappa shape index (κ2) is 13.6. The molecular formula is C57H47N. The van der Waals surface area contributed by atoms with Gasteiger partial charge in [0, 0.05) is 16.8 Å². The SMILES string of the molecule is Cc1ccccc1-c1ccccc1C.c1ccc2c(c1)-c1ccc(Nc3ccc4c(c3)C3(c5ccccc5-c5ccccc53)c3ccccc3-4)cc1C21CCCCC1. The van der Waals surface area contributed by atoms with Crippen LogP contribution in [-0.4, -0.2) is 0 Å². The Bertz CT molecular complexity index is 2780. The highest BCUT2D eigenvalue weighted by atomic mass is 14.9. The summed E-state index contributed by atoms with van der Waals surface area (Å²) >= 11 is 0. The summed E-state index contributed by atoms with van der Waals surface area (Å²) in [6.45, 7) is 4.31. The van der Waals surface area contributed by atoms with Crippen LogP contribution in [0, 0.1) is 13.8 Å². The highest BCUT2D eigenvalue weighted by Gasteiger charge is 2.51. The zero-order chi connectivity index (χ0) is 38.8. The highest BCUT2D eigenvalue weighted by molar-refractivity contribution is 5.96. The Kier molecular flexibility index (Phi) is 8.15. The predicted molar refractivity (Wildman–Crippen MR) is 243 cm³/mol. The molecule has 2 spiro atoms. The van der Waals surface area contributed by atoms with Crippen LogP contribution in [0.3, 0.4) is 0 Å². The highest BCUT2D eigenvalue weighted by Crippen LogP contribution is 2.63. The molecule has 4 aliphatic rings. The van der Waals surface area contributed by atoms with Crippen LogP contribution in [0.1, 0.15) is 76.6 Å². The van der Waals surface area contributed by atoms with E-state index < -0.39 is 0 Å². The van der Waals surface area contributed by atoms with Crippen LogP contribution in [-0.2, 0) is 10.8 Å². The molecule has 4 aliphatic carbocycles. The van der Waals surface area contributed by atoms with Crippen molar-refractivity contribution in [1.82, 2.24) is 0 Å². The van der Waals surface area contributed by atoms with Gasteiger partial charge in [-0.05, 0) is 140 Å². The topological polar surface area (TPSA) is 12.0 Å². The fraction of sp³-hybridized carbons (Fsp3) is 0.158. The van der Waals surface area contributed by atoms with Crippen molar-refractivity contribution in [3.05, 3.63) is 226 Å². The largest absolute Gasteiger partial charge is 0.356 e. The van der Waals surface area contributed by atoms with Crippen LogP contribution >= 0.6 is 0 Å². The second-order valence-electron chi connectivity index (χ2n) is 16.9. The summed E-state index contributed by atoms with van der Waals surface area (Å²) in [6.07, 6.45) is 6.46. The molecule has 8 aromatic carbocycles. The van der Waals surface area contributed by atoms with Gasteiger partial charge in [-0.1, -0.05) is 177 Å². The van der Waals surface area contributed by atoms with Crippen molar-refractivity contribution < 1.29 is 0 Å². The van der Waals surface area contributed by atoms with Crippen molar-refractivity contribution in [2.45, 2.75) is 56.8 Å². The van der Waals surface area contributed by atoms with Gasteiger partial charge in [0.15, 0.2) is 0 Å². The van der Waals surface area contributed by atoms with Gasteiger partial charge < -0.3 is 5.32 Å². The smallest absolute Gasteiger partial charge is 0.0726 e. The fourth-order valence-electron chi connectivity index (χ4n) is 11.3. The molecule has 0 atom stereocenters. The molecule has 0 unspecified atom stereocenters. The van der Waals surface area contributed by atoms with Gasteiger partial charge in [-0.3, -0.25) is 0 Å². The molecule has 0 aliphatic heterocycles. The van der Waals surface area contributed by atoms with Gasteiger partial charge in [0.05, 0.1) is 5.41 Å². The lowest BCUT2D eigenvalue weighted by Crippen LogP contribution is -2.28. The Morgan fingerprint density at radius 2 is 0.690 bits per heavy atom. The van der Waals surface area contributed by atoms with Gasteiger partial charge >= 0.3 is 0 Å². The summed E-state index contributed by atoms with van der Waals surface area (Å²) in [6, 6.07) is 67.5. The quantitative estimate of drug-likeness (QED) is 0.190. The molecule has 0 aromatic heterocycles. The van der Waals surface area contributed by atoms with Gasteiger partial charge in [0.25, 0.3) is 0 Å². The average molecular weight is 746 g/mol. The zero-order valence-corrected chi connectivity index (χ0v) is 33.4. The molecule has 280 valence electrons.